The molecule has 1 heterocycles. The van der Waals surface area contributed by atoms with Gasteiger partial charge in [-0.15, -0.1) is 0 Å². The average molecular weight is 300 g/mol. The van der Waals surface area contributed by atoms with Crippen LogP contribution in [0.3, 0.4) is 0 Å². The summed E-state index contributed by atoms with van der Waals surface area (Å²) in [5, 5.41) is 0.872. The molecule has 0 saturated heterocycles. The minimum absolute atomic E-state index is 0.246. The van der Waals surface area contributed by atoms with Gasteiger partial charge in [-0.1, -0.05) is 15.9 Å². The largest absolute Gasteiger partial charge is 0.339 e. The topological polar surface area (TPSA) is 31.9 Å². The molecular formula is C12H15BrFN3. The van der Waals surface area contributed by atoms with Gasteiger partial charge in [-0.05, 0) is 32.0 Å². The Morgan fingerprint density at radius 3 is 2.88 bits per heavy atom. The fraction of sp³-hybridized carbons (Fsp3) is 0.417. The number of anilines is 1. The standard InChI is InChI=1S/C12H15BrFN3/c1-8(2)17(6-5-13)12-15-10-4-3-9(14)7-11(10)16-12/h3-4,7-8H,5-6H2,1-2H3,(H,15,16). The quantitative estimate of drug-likeness (QED) is 0.879. The van der Waals surface area contributed by atoms with Crippen LogP contribution in [0.25, 0.3) is 11.0 Å². The highest BCUT2D eigenvalue weighted by atomic mass is 79.9. The van der Waals surface area contributed by atoms with E-state index in [0.29, 0.717) is 6.04 Å². The van der Waals surface area contributed by atoms with Crippen LogP contribution in [0, 0.1) is 5.82 Å². The van der Waals surface area contributed by atoms with Crippen molar-refractivity contribution >= 4 is 32.9 Å². The lowest BCUT2D eigenvalue weighted by molar-refractivity contribution is 0.629. The monoisotopic (exact) mass is 299 g/mol. The van der Waals surface area contributed by atoms with E-state index in [9.17, 15) is 4.39 Å². The van der Waals surface area contributed by atoms with Crippen molar-refractivity contribution in [1.29, 1.82) is 0 Å². The molecule has 0 aliphatic rings. The van der Waals surface area contributed by atoms with Crippen LogP contribution in [0.4, 0.5) is 10.3 Å². The number of rotatable bonds is 4. The molecule has 0 aliphatic heterocycles. The molecule has 0 aliphatic carbocycles. The molecular weight excluding hydrogens is 285 g/mol. The number of nitrogens with zero attached hydrogens (tertiary/aromatic N) is 2. The predicted octanol–water partition coefficient (Wildman–Crippen LogP) is 3.31. The van der Waals surface area contributed by atoms with Crippen molar-refractivity contribution in [1.82, 2.24) is 9.97 Å². The van der Waals surface area contributed by atoms with Crippen molar-refractivity contribution in [3.63, 3.8) is 0 Å². The third kappa shape index (κ3) is 2.60. The Balaban J connectivity index is 2.40. The molecule has 2 rings (SSSR count). The van der Waals surface area contributed by atoms with Crippen molar-refractivity contribution in [3.8, 4) is 0 Å². The number of hydrogen-bond acceptors (Lipinski definition) is 2. The summed E-state index contributed by atoms with van der Waals surface area (Å²) in [6, 6.07) is 4.94. The first-order chi connectivity index (χ1) is 8.11. The van der Waals surface area contributed by atoms with E-state index in [1.54, 1.807) is 6.07 Å². The number of nitrogens with one attached hydrogen (secondary N) is 1. The van der Waals surface area contributed by atoms with Gasteiger partial charge < -0.3 is 9.88 Å². The maximum atomic E-state index is 13.1. The maximum absolute atomic E-state index is 13.1. The number of fused-ring (bicyclic) bond motifs is 1. The van der Waals surface area contributed by atoms with Gasteiger partial charge in [0.1, 0.15) is 5.82 Å². The van der Waals surface area contributed by atoms with Crippen molar-refractivity contribution in [2.45, 2.75) is 19.9 Å². The van der Waals surface area contributed by atoms with Crippen LogP contribution in [0.2, 0.25) is 0 Å². The molecule has 92 valence electrons. The summed E-state index contributed by atoms with van der Waals surface area (Å²) >= 11 is 3.43. The van der Waals surface area contributed by atoms with Gasteiger partial charge in [0.2, 0.25) is 5.95 Å². The summed E-state index contributed by atoms with van der Waals surface area (Å²) in [7, 11) is 0. The highest BCUT2D eigenvalue weighted by Crippen LogP contribution is 2.19. The summed E-state index contributed by atoms with van der Waals surface area (Å²) < 4.78 is 13.1. The van der Waals surface area contributed by atoms with Crippen LogP contribution in [0.5, 0.6) is 0 Å². The normalized spacial score (nSPS) is 11.4. The third-order valence-electron chi connectivity index (χ3n) is 2.65. The van der Waals surface area contributed by atoms with Gasteiger partial charge in [0.15, 0.2) is 0 Å². The molecule has 0 spiro atoms. The van der Waals surface area contributed by atoms with Crippen molar-refractivity contribution in [2.24, 2.45) is 0 Å². The Bertz CT molecular complexity index is 509. The van der Waals surface area contributed by atoms with Crippen LogP contribution < -0.4 is 4.90 Å². The number of hydrogen-bond donors (Lipinski definition) is 1. The van der Waals surface area contributed by atoms with E-state index in [1.807, 2.05) is 0 Å². The maximum Gasteiger partial charge on any atom is 0.204 e. The Kier molecular flexibility index (Phi) is 3.66. The Hall–Kier alpha value is -1.10. The van der Waals surface area contributed by atoms with Gasteiger partial charge in [0.25, 0.3) is 0 Å². The summed E-state index contributed by atoms with van der Waals surface area (Å²) in [4.78, 5) is 9.78. The molecule has 0 bridgehead atoms. The number of aromatic nitrogens is 2. The van der Waals surface area contributed by atoms with Gasteiger partial charge in [0, 0.05) is 17.9 Å². The van der Waals surface area contributed by atoms with Crippen molar-refractivity contribution < 1.29 is 4.39 Å². The van der Waals surface area contributed by atoms with Crippen LogP contribution in [-0.2, 0) is 0 Å². The number of halogens is 2. The molecule has 0 unspecified atom stereocenters. The summed E-state index contributed by atoms with van der Waals surface area (Å²) in [6.07, 6.45) is 0. The summed E-state index contributed by atoms with van der Waals surface area (Å²) in [5.41, 5.74) is 1.53. The Labute approximate surface area is 108 Å². The first-order valence-electron chi connectivity index (χ1n) is 5.59. The van der Waals surface area contributed by atoms with Gasteiger partial charge in [0.05, 0.1) is 11.0 Å². The fourth-order valence-corrected chi connectivity index (χ4v) is 2.19. The van der Waals surface area contributed by atoms with Crippen LogP contribution >= 0.6 is 15.9 Å². The second-order valence-electron chi connectivity index (χ2n) is 4.20. The first-order valence-corrected chi connectivity index (χ1v) is 6.72. The van der Waals surface area contributed by atoms with Gasteiger partial charge >= 0.3 is 0 Å². The number of aromatic amines is 1. The number of imidazole rings is 1. The molecule has 0 radical (unpaired) electrons. The van der Waals surface area contributed by atoms with Gasteiger partial charge in [-0.2, -0.15) is 0 Å². The molecule has 17 heavy (non-hydrogen) atoms. The van der Waals surface area contributed by atoms with Gasteiger partial charge in [-0.3, -0.25) is 0 Å². The summed E-state index contributed by atoms with van der Waals surface area (Å²) in [5.74, 6) is 0.546. The van der Waals surface area contributed by atoms with Crippen LogP contribution in [0.15, 0.2) is 18.2 Å². The fourth-order valence-electron chi connectivity index (χ4n) is 1.80. The molecule has 1 aromatic carbocycles. The lowest BCUT2D eigenvalue weighted by Gasteiger charge is -2.25. The molecule has 2 aromatic rings. The second kappa shape index (κ2) is 5.04. The van der Waals surface area contributed by atoms with E-state index < -0.39 is 0 Å². The average Bonchev–Trinajstić information content (AvgIpc) is 2.67. The zero-order valence-electron chi connectivity index (χ0n) is 9.87. The smallest absolute Gasteiger partial charge is 0.204 e. The van der Waals surface area contributed by atoms with E-state index in [4.69, 9.17) is 0 Å². The summed E-state index contributed by atoms with van der Waals surface area (Å²) in [6.45, 7) is 5.08. The number of benzene rings is 1. The van der Waals surface area contributed by atoms with Crippen LogP contribution in [0.1, 0.15) is 13.8 Å². The molecule has 0 fully saturated rings. The first kappa shape index (κ1) is 12.4. The van der Waals surface area contributed by atoms with E-state index in [-0.39, 0.29) is 5.82 Å². The van der Waals surface area contributed by atoms with E-state index >= 15 is 0 Å². The number of alkyl halides is 1. The molecule has 0 amide bonds. The Morgan fingerprint density at radius 2 is 2.24 bits per heavy atom. The SMILES string of the molecule is CC(C)N(CCBr)c1nc2ccc(F)cc2[nH]1. The molecule has 0 saturated carbocycles. The van der Waals surface area contributed by atoms with Crippen LogP contribution in [-0.4, -0.2) is 27.9 Å². The number of H-pyrrole nitrogens is 1. The molecule has 5 heteroatoms. The highest BCUT2D eigenvalue weighted by molar-refractivity contribution is 9.09. The van der Waals surface area contributed by atoms with E-state index in [2.05, 4.69) is 44.6 Å². The second-order valence-corrected chi connectivity index (χ2v) is 4.99. The van der Waals surface area contributed by atoms with E-state index in [1.165, 1.54) is 12.1 Å². The minimum Gasteiger partial charge on any atom is -0.339 e. The zero-order chi connectivity index (χ0) is 12.4. The zero-order valence-corrected chi connectivity index (χ0v) is 11.5. The molecule has 3 nitrogen and oxygen atoms in total. The van der Waals surface area contributed by atoms with Crippen molar-refractivity contribution in [3.05, 3.63) is 24.0 Å². The third-order valence-corrected chi connectivity index (χ3v) is 3.01. The molecule has 0 atom stereocenters. The Morgan fingerprint density at radius 1 is 1.47 bits per heavy atom. The lowest BCUT2D eigenvalue weighted by atomic mass is 10.3. The minimum atomic E-state index is -0.246. The van der Waals surface area contributed by atoms with E-state index in [0.717, 1.165) is 28.9 Å². The predicted molar refractivity (Wildman–Crippen MR) is 72.3 cm³/mol. The molecule has 1 aromatic heterocycles. The lowest BCUT2D eigenvalue weighted by Crippen LogP contribution is -2.33. The van der Waals surface area contributed by atoms with Gasteiger partial charge in [-0.25, -0.2) is 9.37 Å². The molecule has 1 N–H and O–H groups in total. The van der Waals surface area contributed by atoms with Crippen molar-refractivity contribution in [2.75, 3.05) is 16.8 Å². The highest BCUT2D eigenvalue weighted by Gasteiger charge is 2.14.